The largest absolute Gasteiger partial charge is 0.460 e. The van der Waals surface area contributed by atoms with Gasteiger partial charge < -0.3 is 4.74 Å². The van der Waals surface area contributed by atoms with Crippen LogP contribution in [0, 0.1) is 5.41 Å². The van der Waals surface area contributed by atoms with Crippen LogP contribution in [0.4, 0.5) is 0 Å². The van der Waals surface area contributed by atoms with Gasteiger partial charge in [-0.3, -0.25) is 4.90 Å². The maximum absolute atomic E-state index is 12.0. The molecule has 1 saturated heterocycles. The SMILES string of the molecule is CCCCN1CC(C)(C)CC1COC(=O)c1ccccc1. The summed E-state index contributed by atoms with van der Waals surface area (Å²) >= 11 is 0. The van der Waals surface area contributed by atoms with Crippen molar-refractivity contribution >= 4 is 5.97 Å². The van der Waals surface area contributed by atoms with Gasteiger partial charge in [-0.1, -0.05) is 45.4 Å². The number of nitrogens with zero attached hydrogens (tertiary/aromatic N) is 1. The van der Waals surface area contributed by atoms with E-state index in [1.54, 1.807) is 12.1 Å². The lowest BCUT2D eigenvalue weighted by atomic mass is 9.91. The van der Waals surface area contributed by atoms with E-state index in [0.29, 0.717) is 23.6 Å². The van der Waals surface area contributed by atoms with Gasteiger partial charge in [-0.2, -0.15) is 0 Å². The Bertz CT molecular complexity index is 456. The Morgan fingerprint density at radius 3 is 2.71 bits per heavy atom. The van der Waals surface area contributed by atoms with E-state index in [4.69, 9.17) is 4.74 Å². The molecule has 0 bridgehead atoms. The van der Waals surface area contributed by atoms with Crippen LogP contribution in [0.5, 0.6) is 0 Å². The van der Waals surface area contributed by atoms with Crippen LogP contribution in [0.15, 0.2) is 30.3 Å². The maximum atomic E-state index is 12.0. The Balaban J connectivity index is 1.89. The first-order valence-electron chi connectivity index (χ1n) is 7.98. The lowest BCUT2D eigenvalue weighted by Gasteiger charge is -2.24. The topological polar surface area (TPSA) is 29.5 Å². The minimum absolute atomic E-state index is 0.212. The Morgan fingerprint density at radius 1 is 1.33 bits per heavy atom. The molecule has 0 N–H and O–H groups in total. The van der Waals surface area contributed by atoms with Crippen molar-refractivity contribution < 1.29 is 9.53 Å². The number of hydrogen-bond donors (Lipinski definition) is 0. The van der Waals surface area contributed by atoms with Crippen LogP contribution in [0.3, 0.4) is 0 Å². The van der Waals surface area contributed by atoms with Crippen molar-refractivity contribution in [2.45, 2.75) is 46.1 Å². The summed E-state index contributed by atoms with van der Waals surface area (Å²) in [5.74, 6) is -0.212. The molecule has 1 aromatic carbocycles. The van der Waals surface area contributed by atoms with E-state index in [1.165, 1.54) is 12.8 Å². The zero-order chi connectivity index (χ0) is 15.3. The second-order valence-corrected chi connectivity index (χ2v) is 6.81. The van der Waals surface area contributed by atoms with Gasteiger partial charge in [0.2, 0.25) is 0 Å². The van der Waals surface area contributed by atoms with Gasteiger partial charge in [0.1, 0.15) is 6.61 Å². The number of benzene rings is 1. The molecule has 21 heavy (non-hydrogen) atoms. The van der Waals surface area contributed by atoms with Crippen molar-refractivity contribution in [3.8, 4) is 0 Å². The summed E-state index contributed by atoms with van der Waals surface area (Å²) in [6, 6.07) is 9.60. The molecule has 0 saturated carbocycles. The highest BCUT2D eigenvalue weighted by molar-refractivity contribution is 5.89. The molecule has 0 amide bonds. The molecule has 1 fully saturated rings. The Labute approximate surface area is 128 Å². The van der Waals surface area contributed by atoms with Crippen molar-refractivity contribution in [1.82, 2.24) is 4.90 Å². The number of hydrogen-bond acceptors (Lipinski definition) is 3. The standard InChI is InChI=1S/C18H27NO2/c1-4-5-11-19-14-18(2,3)12-16(19)13-21-17(20)15-9-7-6-8-10-15/h6-10,16H,4-5,11-14H2,1-3H3. The van der Waals surface area contributed by atoms with Gasteiger partial charge in [0, 0.05) is 12.6 Å². The minimum Gasteiger partial charge on any atom is -0.460 e. The third-order valence-corrected chi connectivity index (χ3v) is 4.15. The zero-order valence-electron chi connectivity index (χ0n) is 13.5. The van der Waals surface area contributed by atoms with Crippen LogP contribution < -0.4 is 0 Å². The van der Waals surface area contributed by atoms with E-state index in [0.717, 1.165) is 19.5 Å². The summed E-state index contributed by atoms with van der Waals surface area (Å²) in [4.78, 5) is 14.5. The first-order valence-corrected chi connectivity index (χ1v) is 7.98. The summed E-state index contributed by atoms with van der Waals surface area (Å²) in [5.41, 5.74) is 0.951. The number of rotatable bonds is 6. The second-order valence-electron chi connectivity index (χ2n) is 6.81. The molecular formula is C18H27NO2. The molecule has 2 rings (SSSR count). The van der Waals surface area contributed by atoms with Crippen LogP contribution in [-0.2, 0) is 4.74 Å². The summed E-state index contributed by atoms with van der Waals surface area (Å²) < 4.78 is 5.53. The summed E-state index contributed by atoms with van der Waals surface area (Å²) in [6.07, 6.45) is 3.51. The highest BCUT2D eigenvalue weighted by Crippen LogP contribution is 2.34. The zero-order valence-corrected chi connectivity index (χ0v) is 13.5. The van der Waals surface area contributed by atoms with E-state index in [1.807, 2.05) is 18.2 Å². The van der Waals surface area contributed by atoms with Crippen LogP contribution in [0.2, 0.25) is 0 Å². The summed E-state index contributed by atoms with van der Waals surface area (Å²) in [6.45, 7) is 9.51. The Kier molecular flexibility index (Phi) is 5.40. The molecule has 1 aliphatic heterocycles. The van der Waals surface area contributed by atoms with Crippen molar-refractivity contribution in [3.63, 3.8) is 0 Å². The number of carbonyl (C=O) groups excluding carboxylic acids is 1. The highest BCUT2D eigenvalue weighted by atomic mass is 16.5. The van der Waals surface area contributed by atoms with Crippen molar-refractivity contribution in [3.05, 3.63) is 35.9 Å². The molecule has 1 heterocycles. The predicted octanol–water partition coefficient (Wildman–Crippen LogP) is 3.74. The van der Waals surface area contributed by atoms with E-state index < -0.39 is 0 Å². The number of ether oxygens (including phenoxy) is 1. The van der Waals surface area contributed by atoms with Crippen molar-refractivity contribution in [1.29, 1.82) is 0 Å². The first-order chi connectivity index (χ1) is 10.0. The molecule has 1 aromatic rings. The van der Waals surface area contributed by atoms with Crippen LogP contribution in [0.25, 0.3) is 0 Å². The molecule has 3 nitrogen and oxygen atoms in total. The van der Waals surface area contributed by atoms with E-state index in [2.05, 4.69) is 25.7 Å². The average Bonchev–Trinajstić information content (AvgIpc) is 2.77. The second kappa shape index (κ2) is 7.08. The normalized spacial score (nSPS) is 21.4. The maximum Gasteiger partial charge on any atom is 0.338 e. The molecule has 1 unspecified atom stereocenters. The van der Waals surface area contributed by atoms with Gasteiger partial charge in [-0.25, -0.2) is 4.79 Å². The van der Waals surface area contributed by atoms with Gasteiger partial charge in [0.05, 0.1) is 5.56 Å². The molecule has 0 radical (unpaired) electrons. The molecule has 1 atom stereocenters. The fourth-order valence-electron chi connectivity index (χ4n) is 3.13. The van der Waals surface area contributed by atoms with Gasteiger partial charge in [0.25, 0.3) is 0 Å². The lowest BCUT2D eigenvalue weighted by molar-refractivity contribution is 0.0396. The average molecular weight is 289 g/mol. The molecule has 0 aromatic heterocycles. The van der Waals surface area contributed by atoms with E-state index in [9.17, 15) is 4.79 Å². The van der Waals surface area contributed by atoms with Gasteiger partial charge in [-0.15, -0.1) is 0 Å². The highest BCUT2D eigenvalue weighted by Gasteiger charge is 2.37. The first kappa shape index (κ1) is 16.0. The third-order valence-electron chi connectivity index (χ3n) is 4.15. The third kappa shape index (κ3) is 4.57. The molecule has 1 aliphatic rings. The number of esters is 1. The number of carbonyl (C=O) groups is 1. The van der Waals surface area contributed by atoms with Crippen molar-refractivity contribution in [2.24, 2.45) is 5.41 Å². The molecular weight excluding hydrogens is 262 g/mol. The van der Waals surface area contributed by atoms with Gasteiger partial charge in [0.15, 0.2) is 0 Å². The van der Waals surface area contributed by atoms with E-state index >= 15 is 0 Å². The number of unbranched alkanes of at least 4 members (excludes halogenated alkanes) is 1. The molecule has 3 heteroatoms. The molecule has 0 spiro atoms. The Morgan fingerprint density at radius 2 is 2.05 bits per heavy atom. The lowest BCUT2D eigenvalue weighted by Crippen LogP contribution is -2.34. The van der Waals surface area contributed by atoms with E-state index in [-0.39, 0.29) is 5.97 Å². The summed E-state index contributed by atoms with van der Waals surface area (Å²) in [5, 5.41) is 0. The predicted molar refractivity (Wildman–Crippen MR) is 85.4 cm³/mol. The van der Waals surface area contributed by atoms with Gasteiger partial charge in [-0.05, 0) is 36.9 Å². The van der Waals surface area contributed by atoms with Crippen molar-refractivity contribution in [2.75, 3.05) is 19.7 Å². The summed E-state index contributed by atoms with van der Waals surface area (Å²) in [7, 11) is 0. The smallest absolute Gasteiger partial charge is 0.338 e. The van der Waals surface area contributed by atoms with Crippen LogP contribution >= 0.6 is 0 Å². The minimum atomic E-state index is -0.212. The number of likely N-dealkylation sites (tertiary alicyclic amines) is 1. The molecule has 0 aliphatic carbocycles. The van der Waals surface area contributed by atoms with Crippen LogP contribution in [0.1, 0.15) is 50.4 Å². The monoisotopic (exact) mass is 289 g/mol. The quantitative estimate of drug-likeness (QED) is 0.747. The van der Waals surface area contributed by atoms with Crippen LogP contribution in [-0.4, -0.2) is 36.6 Å². The Hall–Kier alpha value is -1.35. The van der Waals surface area contributed by atoms with Gasteiger partial charge >= 0.3 is 5.97 Å². The fourth-order valence-corrected chi connectivity index (χ4v) is 3.13. The molecule has 116 valence electrons. The fraction of sp³-hybridized carbons (Fsp3) is 0.611.